The Hall–Kier alpha value is -2.55. The van der Waals surface area contributed by atoms with Crippen molar-refractivity contribution in [3.05, 3.63) is 60.4 Å². The molecule has 0 saturated carbocycles. The van der Waals surface area contributed by atoms with Crippen molar-refractivity contribution >= 4 is 16.9 Å². The second-order valence-electron chi connectivity index (χ2n) is 5.07. The first-order valence-corrected chi connectivity index (χ1v) is 7.04. The Balaban J connectivity index is 1.91. The largest absolute Gasteiger partial charge is 0.464 e. The van der Waals surface area contributed by atoms with Gasteiger partial charge in [-0.3, -0.25) is 4.79 Å². The summed E-state index contributed by atoms with van der Waals surface area (Å²) in [5.74, 6) is -0.00669. The van der Waals surface area contributed by atoms with Gasteiger partial charge in [0.1, 0.15) is 5.58 Å². The second-order valence-corrected chi connectivity index (χ2v) is 5.07. The Morgan fingerprint density at radius 2 is 1.90 bits per heavy atom. The number of amides is 1. The average Bonchev–Trinajstić information content (AvgIpc) is 2.90. The summed E-state index contributed by atoms with van der Waals surface area (Å²) in [6.07, 6.45) is 2.55. The molecule has 0 spiro atoms. The maximum absolute atomic E-state index is 10.9. The molecule has 0 unspecified atom stereocenters. The third-order valence-electron chi connectivity index (χ3n) is 3.53. The summed E-state index contributed by atoms with van der Waals surface area (Å²) in [6.45, 7) is 2.15. The number of furan rings is 1. The number of fused-ring (bicyclic) bond motifs is 1. The van der Waals surface area contributed by atoms with E-state index in [0.29, 0.717) is 6.54 Å². The van der Waals surface area contributed by atoms with E-state index in [4.69, 9.17) is 4.42 Å². The fourth-order valence-electron chi connectivity index (χ4n) is 2.46. The fraction of sp³-hybridized carbons (Fsp3) is 0.167. The molecular weight excluding hydrogens is 262 g/mol. The van der Waals surface area contributed by atoms with Crippen LogP contribution in [-0.4, -0.2) is 12.5 Å². The van der Waals surface area contributed by atoms with Gasteiger partial charge in [-0.1, -0.05) is 36.4 Å². The molecule has 3 rings (SSSR count). The maximum atomic E-state index is 10.9. The number of carbonyl (C=O) groups is 1. The molecule has 21 heavy (non-hydrogen) atoms. The average molecular weight is 279 g/mol. The molecule has 1 N–H and O–H groups in total. The first-order valence-electron chi connectivity index (χ1n) is 7.04. The zero-order valence-corrected chi connectivity index (χ0v) is 11.9. The summed E-state index contributed by atoms with van der Waals surface area (Å²) in [5, 5.41) is 3.93. The Morgan fingerprint density at radius 1 is 1.10 bits per heavy atom. The highest BCUT2D eigenvalue weighted by atomic mass is 16.3. The predicted octanol–water partition coefficient (Wildman–Crippen LogP) is 3.78. The number of carbonyl (C=O) groups excluding carboxylic acids is 1. The molecule has 2 aromatic carbocycles. The third kappa shape index (κ3) is 2.97. The summed E-state index contributed by atoms with van der Waals surface area (Å²) in [4.78, 5) is 10.9. The molecule has 0 saturated heterocycles. The quantitative estimate of drug-likeness (QED) is 0.789. The van der Waals surface area contributed by atoms with E-state index in [-0.39, 0.29) is 5.91 Å². The maximum Gasteiger partial charge on any atom is 0.216 e. The molecule has 3 aromatic rings. The molecule has 0 bridgehead atoms. The van der Waals surface area contributed by atoms with Crippen LogP contribution in [0.15, 0.2) is 59.2 Å². The summed E-state index contributed by atoms with van der Waals surface area (Å²) in [6, 6.07) is 16.5. The molecule has 0 radical (unpaired) electrons. The molecule has 1 aromatic heterocycles. The van der Waals surface area contributed by atoms with Gasteiger partial charge in [-0.2, -0.15) is 0 Å². The van der Waals surface area contributed by atoms with Crippen molar-refractivity contribution in [1.82, 2.24) is 5.32 Å². The van der Waals surface area contributed by atoms with Gasteiger partial charge in [0.15, 0.2) is 0 Å². The highest BCUT2D eigenvalue weighted by Gasteiger charge is 2.07. The number of hydrogen-bond acceptors (Lipinski definition) is 2. The van der Waals surface area contributed by atoms with Gasteiger partial charge in [0.05, 0.1) is 6.26 Å². The number of nitrogens with one attached hydrogen (secondary N) is 1. The zero-order chi connectivity index (χ0) is 14.7. The standard InChI is InChI=1S/C18H17NO2/c1-13(20)19-10-9-16-12-21-18-8-7-15(11-17(16)18)14-5-3-2-4-6-14/h2-8,11-12H,9-10H2,1H3,(H,19,20). The van der Waals surface area contributed by atoms with Crippen LogP contribution in [0.2, 0.25) is 0 Å². The summed E-state index contributed by atoms with van der Waals surface area (Å²) < 4.78 is 5.58. The van der Waals surface area contributed by atoms with Crippen LogP contribution in [0, 0.1) is 0 Å². The normalized spacial score (nSPS) is 10.7. The predicted molar refractivity (Wildman–Crippen MR) is 84.0 cm³/mol. The van der Waals surface area contributed by atoms with Crippen LogP contribution < -0.4 is 5.32 Å². The van der Waals surface area contributed by atoms with Crippen LogP contribution in [-0.2, 0) is 11.2 Å². The van der Waals surface area contributed by atoms with E-state index in [9.17, 15) is 4.79 Å². The van der Waals surface area contributed by atoms with Gasteiger partial charge in [0.25, 0.3) is 0 Å². The lowest BCUT2D eigenvalue weighted by Gasteiger charge is -2.03. The molecule has 0 aliphatic heterocycles. The van der Waals surface area contributed by atoms with E-state index in [1.165, 1.54) is 18.1 Å². The first kappa shape index (κ1) is 13.4. The summed E-state index contributed by atoms with van der Waals surface area (Å²) >= 11 is 0. The Kier molecular flexibility index (Phi) is 3.73. The lowest BCUT2D eigenvalue weighted by atomic mass is 10.0. The van der Waals surface area contributed by atoms with Crippen molar-refractivity contribution in [2.75, 3.05) is 6.54 Å². The van der Waals surface area contributed by atoms with E-state index < -0.39 is 0 Å². The zero-order valence-electron chi connectivity index (χ0n) is 11.9. The Bertz CT molecular complexity index is 759. The molecule has 0 aliphatic carbocycles. The van der Waals surface area contributed by atoms with Crippen molar-refractivity contribution < 1.29 is 9.21 Å². The van der Waals surface area contributed by atoms with Crippen molar-refractivity contribution in [2.24, 2.45) is 0 Å². The molecule has 0 atom stereocenters. The summed E-state index contributed by atoms with van der Waals surface area (Å²) in [5.41, 5.74) is 4.36. The van der Waals surface area contributed by atoms with E-state index in [2.05, 4.69) is 29.6 Å². The molecule has 106 valence electrons. The minimum Gasteiger partial charge on any atom is -0.464 e. The van der Waals surface area contributed by atoms with Crippen LogP contribution >= 0.6 is 0 Å². The van der Waals surface area contributed by atoms with Gasteiger partial charge in [0, 0.05) is 18.9 Å². The van der Waals surface area contributed by atoms with Crippen molar-refractivity contribution in [3.8, 4) is 11.1 Å². The van der Waals surface area contributed by atoms with E-state index in [1.54, 1.807) is 6.26 Å². The molecule has 3 heteroatoms. The molecule has 1 amide bonds. The molecular formula is C18H17NO2. The van der Waals surface area contributed by atoms with Crippen LogP contribution in [0.4, 0.5) is 0 Å². The third-order valence-corrected chi connectivity index (χ3v) is 3.53. The van der Waals surface area contributed by atoms with Crippen LogP contribution in [0.25, 0.3) is 22.1 Å². The second kappa shape index (κ2) is 5.83. The van der Waals surface area contributed by atoms with E-state index in [1.807, 2.05) is 24.3 Å². The molecule has 3 nitrogen and oxygen atoms in total. The van der Waals surface area contributed by atoms with Crippen LogP contribution in [0.1, 0.15) is 12.5 Å². The monoisotopic (exact) mass is 279 g/mol. The lowest BCUT2D eigenvalue weighted by Crippen LogP contribution is -2.22. The van der Waals surface area contributed by atoms with Gasteiger partial charge in [-0.15, -0.1) is 0 Å². The van der Waals surface area contributed by atoms with Gasteiger partial charge >= 0.3 is 0 Å². The SMILES string of the molecule is CC(=O)NCCc1coc2ccc(-c3ccccc3)cc12. The van der Waals surface area contributed by atoms with Gasteiger partial charge in [0.2, 0.25) is 5.91 Å². The lowest BCUT2D eigenvalue weighted by molar-refractivity contribution is -0.118. The highest BCUT2D eigenvalue weighted by Crippen LogP contribution is 2.28. The Morgan fingerprint density at radius 3 is 2.67 bits per heavy atom. The fourth-order valence-corrected chi connectivity index (χ4v) is 2.46. The molecule has 0 fully saturated rings. The van der Waals surface area contributed by atoms with Gasteiger partial charge in [-0.05, 0) is 35.2 Å². The van der Waals surface area contributed by atoms with E-state index in [0.717, 1.165) is 23.0 Å². The smallest absolute Gasteiger partial charge is 0.216 e. The molecule has 1 heterocycles. The summed E-state index contributed by atoms with van der Waals surface area (Å²) in [7, 11) is 0. The van der Waals surface area contributed by atoms with Crippen molar-refractivity contribution in [2.45, 2.75) is 13.3 Å². The minimum atomic E-state index is -0.00669. The van der Waals surface area contributed by atoms with Crippen molar-refractivity contribution in [3.63, 3.8) is 0 Å². The van der Waals surface area contributed by atoms with Crippen LogP contribution in [0.5, 0.6) is 0 Å². The van der Waals surface area contributed by atoms with E-state index >= 15 is 0 Å². The number of rotatable bonds is 4. The van der Waals surface area contributed by atoms with Crippen molar-refractivity contribution in [1.29, 1.82) is 0 Å². The van der Waals surface area contributed by atoms with Gasteiger partial charge < -0.3 is 9.73 Å². The minimum absolute atomic E-state index is 0.00669. The number of hydrogen-bond donors (Lipinski definition) is 1. The first-order chi connectivity index (χ1) is 10.2. The number of benzene rings is 2. The Labute approximate surface area is 123 Å². The molecule has 0 aliphatic rings. The van der Waals surface area contributed by atoms with Crippen LogP contribution in [0.3, 0.4) is 0 Å². The highest BCUT2D eigenvalue weighted by molar-refractivity contribution is 5.86. The topological polar surface area (TPSA) is 42.2 Å². The van der Waals surface area contributed by atoms with Gasteiger partial charge in [-0.25, -0.2) is 0 Å².